The summed E-state index contributed by atoms with van der Waals surface area (Å²) in [5, 5.41) is 3.24. The largest absolute Gasteiger partial charge is 0.383 e. The number of nitrogens with zero attached hydrogens (tertiary/aromatic N) is 1. The van der Waals surface area contributed by atoms with Gasteiger partial charge in [-0.25, -0.2) is 0 Å². The number of amides is 1. The van der Waals surface area contributed by atoms with Crippen LogP contribution < -0.4 is 5.32 Å². The number of rotatable bonds is 7. The van der Waals surface area contributed by atoms with Crippen LogP contribution in [-0.4, -0.2) is 50.2 Å². The van der Waals surface area contributed by atoms with Crippen molar-refractivity contribution >= 4 is 5.91 Å². The lowest BCUT2D eigenvalue weighted by atomic mass is 10.1. The van der Waals surface area contributed by atoms with Crippen LogP contribution in [0.2, 0.25) is 0 Å². The molecule has 0 saturated heterocycles. The SMILES string of the molecule is COCC(NCC(=O)N(C)C(C)C)C(C)C. The fourth-order valence-electron chi connectivity index (χ4n) is 1.30. The van der Waals surface area contributed by atoms with E-state index in [0.717, 1.165) is 0 Å². The number of likely N-dealkylation sites (N-methyl/N-ethyl adjacent to an activating group) is 1. The normalized spacial score (nSPS) is 13.2. The molecular formula is C12H26N2O2. The van der Waals surface area contributed by atoms with Crippen LogP contribution in [0.15, 0.2) is 0 Å². The Morgan fingerprint density at radius 3 is 2.25 bits per heavy atom. The lowest BCUT2D eigenvalue weighted by Gasteiger charge is -2.25. The van der Waals surface area contributed by atoms with Crippen molar-refractivity contribution in [3.8, 4) is 0 Å². The zero-order valence-electron chi connectivity index (χ0n) is 11.4. The summed E-state index contributed by atoms with van der Waals surface area (Å²) in [5.41, 5.74) is 0. The molecule has 0 radical (unpaired) electrons. The Balaban J connectivity index is 4.05. The molecule has 0 spiro atoms. The van der Waals surface area contributed by atoms with Crippen LogP contribution in [0.25, 0.3) is 0 Å². The molecule has 1 unspecified atom stereocenters. The minimum absolute atomic E-state index is 0.122. The lowest BCUT2D eigenvalue weighted by molar-refractivity contribution is -0.130. The highest BCUT2D eigenvalue weighted by molar-refractivity contribution is 5.78. The Morgan fingerprint density at radius 1 is 1.31 bits per heavy atom. The van der Waals surface area contributed by atoms with E-state index >= 15 is 0 Å². The Morgan fingerprint density at radius 2 is 1.88 bits per heavy atom. The molecule has 16 heavy (non-hydrogen) atoms. The van der Waals surface area contributed by atoms with Gasteiger partial charge in [-0.1, -0.05) is 13.8 Å². The zero-order valence-corrected chi connectivity index (χ0v) is 11.4. The van der Waals surface area contributed by atoms with Crippen LogP contribution in [0.5, 0.6) is 0 Å². The summed E-state index contributed by atoms with van der Waals surface area (Å²) in [6.07, 6.45) is 0. The van der Waals surface area contributed by atoms with Gasteiger partial charge in [-0.05, 0) is 19.8 Å². The van der Waals surface area contributed by atoms with Crippen molar-refractivity contribution in [1.29, 1.82) is 0 Å². The van der Waals surface area contributed by atoms with E-state index < -0.39 is 0 Å². The van der Waals surface area contributed by atoms with E-state index in [2.05, 4.69) is 19.2 Å². The quantitative estimate of drug-likeness (QED) is 0.712. The van der Waals surface area contributed by atoms with Gasteiger partial charge in [-0.15, -0.1) is 0 Å². The van der Waals surface area contributed by atoms with Gasteiger partial charge >= 0.3 is 0 Å². The van der Waals surface area contributed by atoms with Crippen LogP contribution >= 0.6 is 0 Å². The molecule has 4 nitrogen and oxygen atoms in total. The Labute approximate surface area is 99.3 Å². The molecule has 1 atom stereocenters. The van der Waals surface area contributed by atoms with E-state index in [0.29, 0.717) is 19.1 Å². The average Bonchev–Trinajstić information content (AvgIpc) is 2.21. The van der Waals surface area contributed by atoms with Gasteiger partial charge in [0.2, 0.25) is 5.91 Å². The molecule has 0 aromatic rings. The molecule has 0 aliphatic carbocycles. The molecule has 0 aromatic carbocycles. The van der Waals surface area contributed by atoms with Gasteiger partial charge in [0.1, 0.15) is 0 Å². The summed E-state index contributed by atoms with van der Waals surface area (Å²) >= 11 is 0. The van der Waals surface area contributed by atoms with Crippen molar-refractivity contribution in [3.05, 3.63) is 0 Å². The molecule has 4 heteroatoms. The summed E-state index contributed by atoms with van der Waals surface area (Å²) in [6, 6.07) is 0.476. The molecule has 0 fully saturated rings. The summed E-state index contributed by atoms with van der Waals surface area (Å²) in [6.45, 7) is 9.26. The van der Waals surface area contributed by atoms with Gasteiger partial charge in [-0.2, -0.15) is 0 Å². The smallest absolute Gasteiger partial charge is 0.236 e. The Kier molecular flexibility index (Phi) is 7.34. The lowest BCUT2D eigenvalue weighted by Crippen LogP contribution is -2.45. The van der Waals surface area contributed by atoms with Crippen molar-refractivity contribution in [2.75, 3.05) is 27.3 Å². The van der Waals surface area contributed by atoms with E-state index in [-0.39, 0.29) is 18.0 Å². The van der Waals surface area contributed by atoms with Gasteiger partial charge in [-0.3, -0.25) is 4.79 Å². The standard InChI is InChI=1S/C12H26N2O2/c1-9(2)11(8-16-6)13-7-12(15)14(5)10(3)4/h9-11,13H,7-8H2,1-6H3. The van der Waals surface area contributed by atoms with Gasteiger partial charge in [0, 0.05) is 26.2 Å². The zero-order chi connectivity index (χ0) is 12.7. The molecule has 1 N–H and O–H groups in total. The molecule has 0 aliphatic rings. The monoisotopic (exact) mass is 230 g/mol. The molecule has 0 rings (SSSR count). The highest BCUT2D eigenvalue weighted by Crippen LogP contribution is 2.02. The molecule has 0 saturated carbocycles. The topological polar surface area (TPSA) is 41.6 Å². The average molecular weight is 230 g/mol. The van der Waals surface area contributed by atoms with Crippen molar-refractivity contribution in [3.63, 3.8) is 0 Å². The van der Waals surface area contributed by atoms with Crippen LogP contribution in [0.4, 0.5) is 0 Å². The van der Waals surface area contributed by atoms with Crippen LogP contribution in [0.1, 0.15) is 27.7 Å². The number of nitrogens with one attached hydrogen (secondary N) is 1. The van der Waals surface area contributed by atoms with Crippen molar-refractivity contribution in [2.24, 2.45) is 5.92 Å². The van der Waals surface area contributed by atoms with Gasteiger partial charge < -0.3 is 15.0 Å². The highest BCUT2D eigenvalue weighted by atomic mass is 16.5. The number of carbonyl (C=O) groups excluding carboxylic acids is 1. The van der Waals surface area contributed by atoms with Gasteiger partial charge in [0.25, 0.3) is 0 Å². The third-order valence-corrected chi connectivity index (χ3v) is 2.83. The number of methoxy groups -OCH3 is 1. The van der Waals surface area contributed by atoms with Crippen LogP contribution in [0.3, 0.4) is 0 Å². The van der Waals surface area contributed by atoms with E-state index in [9.17, 15) is 4.79 Å². The Bertz CT molecular complexity index is 205. The number of ether oxygens (including phenoxy) is 1. The second kappa shape index (κ2) is 7.63. The fourth-order valence-corrected chi connectivity index (χ4v) is 1.30. The van der Waals surface area contributed by atoms with Gasteiger partial charge in [0.15, 0.2) is 0 Å². The van der Waals surface area contributed by atoms with Gasteiger partial charge in [0.05, 0.1) is 13.2 Å². The second-order valence-corrected chi connectivity index (χ2v) is 4.79. The first-order chi connectivity index (χ1) is 7.40. The predicted octanol–water partition coefficient (Wildman–Crippen LogP) is 1.11. The summed E-state index contributed by atoms with van der Waals surface area (Å²) in [5.74, 6) is 0.578. The fraction of sp³-hybridized carbons (Fsp3) is 0.917. The predicted molar refractivity (Wildman–Crippen MR) is 66.4 cm³/mol. The third-order valence-electron chi connectivity index (χ3n) is 2.83. The molecule has 96 valence electrons. The first-order valence-corrected chi connectivity index (χ1v) is 5.88. The molecule has 0 aromatic heterocycles. The second-order valence-electron chi connectivity index (χ2n) is 4.79. The Hall–Kier alpha value is -0.610. The third kappa shape index (κ3) is 5.47. The summed E-state index contributed by atoms with van der Waals surface area (Å²) in [7, 11) is 3.51. The minimum Gasteiger partial charge on any atom is -0.383 e. The van der Waals surface area contributed by atoms with Crippen molar-refractivity contribution in [1.82, 2.24) is 10.2 Å². The van der Waals surface area contributed by atoms with Crippen LogP contribution in [0, 0.1) is 5.92 Å². The number of hydrogen-bond acceptors (Lipinski definition) is 3. The van der Waals surface area contributed by atoms with E-state index in [4.69, 9.17) is 4.74 Å². The minimum atomic E-state index is 0.122. The van der Waals surface area contributed by atoms with Crippen molar-refractivity contribution in [2.45, 2.75) is 39.8 Å². The molecule has 0 heterocycles. The summed E-state index contributed by atoms with van der Waals surface area (Å²) in [4.78, 5) is 13.5. The maximum Gasteiger partial charge on any atom is 0.236 e. The maximum atomic E-state index is 11.7. The highest BCUT2D eigenvalue weighted by Gasteiger charge is 2.16. The molecule has 0 aliphatic heterocycles. The molecular weight excluding hydrogens is 204 g/mol. The van der Waals surface area contributed by atoms with E-state index in [1.165, 1.54) is 0 Å². The number of hydrogen-bond donors (Lipinski definition) is 1. The molecule has 0 bridgehead atoms. The van der Waals surface area contributed by atoms with Crippen molar-refractivity contribution < 1.29 is 9.53 Å². The first-order valence-electron chi connectivity index (χ1n) is 5.88. The summed E-state index contributed by atoms with van der Waals surface area (Å²) < 4.78 is 5.12. The van der Waals surface area contributed by atoms with E-state index in [1.54, 1.807) is 12.0 Å². The first kappa shape index (κ1) is 15.4. The van der Waals surface area contributed by atoms with E-state index in [1.807, 2.05) is 20.9 Å². The maximum absolute atomic E-state index is 11.7. The van der Waals surface area contributed by atoms with Crippen LogP contribution in [-0.2, 0) is 9.53 Å². The number of carbonyl (C=O) groups is 1. The molecule has 1 amide bonds.